The van der Waals surface area contributed by atoms with Crippen LogP contribution < -0.4 is 4.89 Å². The van der Waals surface area contributed by atoms with E-state index in [0.29, 0.717) is 6.42 Å². The topological polar surface area (TPSA) is 143 Å². The van der Waals surface area contributed by atoms with Crippen molar-refractivity contribution in [2.45, 2.75) is 82.7 Å². The van der Waals surface area contributed by atoms with Crippen molar-refractivity contribution in [1.29, 1.82) is 10.5 Å². The highest BCUT2D eigenvalue weighted by Crippen LogP contribution is 2.49. The van der Waals surface area contributed by atoms with Gasteiger partial charge in [-0.05, 0) is 34.1 Å². The Balaban J connectivity index is 2.11. The van der Waals surface area contributed by atoms with Crippen molar-refractivity contribution in [3.05, 3.63) is 0 Å². The van der Waals surface area contributed by atoms with Crippen molar-refractivity contribution in [2.75, 3.05) is 13.2 Å². The summed E-state index contributed by atoms with van der Waals surface area (Å²) in [6.07, 6.45) is -3.77. The lowest BCUT2D eigenvalue weighted by atomic mass is 9.72. The van der Waals surface area contributed by atoms with Gasteiger partial charge in [-0.15, -0.1) is 0 Å². The van der Waals surface area contributed by atoms with Crippen molar-refractivity contribution in [3.8, 4) is 12.1 Å². The predicted molar refractivity (Wildman–Crippen MR) is 107 cm³/mol. The van der Waals surface area contributed by atoms with Crippen LogP contribution in [0.3, 0.4) is 0 Å². The minimum atomic E-state index is -5.01. The predicted octanol–water partition coefficient (Wildman–Crippen LogP) is 0.286. The molecule has 0 aromatic rings. The molecule has 2 saturated heterocycles. The molecule has 2 heterocycles. The standard InChI is InChI=1S/C18H27B2N2O8P/c1-10(2)25-6-14-16(18(8-21,9-22)17(20)29-14)30-31(23,24)26-7-13-12(27-11(3)4)5-15(19)28-13/h10-17H,5-7H2,1-4H3,(H,23,24)/p-1. The zero-order valence-electron chi connectivity index (χ0n) is 18.0. The average molecular weight is 451 g/mol. The Kier molecular flexibility index (Phi) is 9.15. The smallest absolute Gasteiger partial charge is 0.268 e. The third-order valence-electron chi connectivity index (χ3n) is 4.84. The number of rotatable bonds is 10. The maximum absolute atomic E-state index is 12.6. The largest absolute Gasteiger partial charge is 0.756 e. The Hall–Kier alpha value is -0.940. The highest BCUT2D eigenvalue weighted by atomic mass is 31.2. The Morgan fingerprint density at radius 3 is 2.32 bits per heavy atom. The Morgan fingerprint density at radius 2 is 1.77 bits per heavy atom. The van der Waals surface area contributed by atoms with Crippen molar-refractivity contribution < 1.29 is 37.5 Å². The number of nitrogens with zero attached hydrogens (tertiary/aromatic N) is 2. The van der Waals surface area contributed by atoms with Gasteiger partial charge in [-0.1, -0.05) is 0 Å². The van der Waals surface area contributed by atoms with Gasteiger partial charge in [0.1, 0.15) is 34.0 Å². The van der Waals surface area contributed by atoms with E-state index in [1.807, 2.05) is 13.8 Å². The van der Waals surface area contributed by atoms with Crippen molar-refractivity contribution in [3.63, 3.8) is 0 Å². The molecule has 2 aliphatic heterocycles. The van der Waals surface area contributed by atoms with Gasteiger partial charge in [0.2, 0.25) is 0 Å². The molecule has 13 heteroatoms. The maximum Gasteiger partial charge on any atom is 0.268 e. The molecule has 0 bridgehead atoms. The van der Waals surface area contributed by atoms with Gasteiger partial charge in [-0.25, -0.2) is 0 Å². The molecule has 7 atom stereocenters. The molecule has 0 amide bonds. The van der Waals surface area contributed by atoms with Gasteiger partial charge in [-0.2, -0.15) is 10.5 Å². The van der Waals surface area contributed by atoms with E-state index in [2.05, 4.69) is 0 Å². The molecule has 7 unspecified atom stereocenters. The zero-order valence-corrected chi connectivity index (χ0v) is 18.9. The second-order valence-electron chi connectivity index (χ2n) is 8.01. The van der Waals surface area contributed by atoms with Gasteiger partial charge in [-0.3, -0.25) is 4.57 Å². The molecular weight excluding hydrogens is 425 g/mol. The summed E-state index contributed by atoms with van der Waals surface area (Å²) in [5, 5.41) is 19.1. The molecule has 168 valence electrons. The van der Waals surface area contributed by atoms with Crippen LogP contribution in [0.5, 0.6) is 0 Å². The molecular formula is C18H26B2N2O8P-. The molecule has 0 saturated carbocycles. The van der Waals surface area contributed by atoms with Gasteiger partial charge in [0.05, 0.1) is 49.7 Å². The van der Waals surface area contributed by atoms with E-state index in [9.17, 15) is 20.0 Å². The Bertz CT molecular complexity index is 729. The first-order valence-corrected chi connectivity index (χ1v) is 11.5. The summed E-state index contributed by atoms with van der Waals surface area (Å²) < 4.78 is 44.7. The minimum absolute atomic E-state index is 0.123. The van der Waals surface area contributed by atoms with Gasteiger partial charge in [0.15, 0.2) is 5.41 Å². The van der Waals surface area contributed by atoms with E-state index in [1.54, 1.807) is 26.0 Å². The van der Waals surface area contributed by atoms with E-state index in [4.69, 9.17) is 43.7 Å². The average Bonchev–Trinajstić information content (AvgIpc) is 3.14. The first-order valence-electron chi connectivity index (χ1n) is 9.99. The van der Waals surface area contributed by atoms with Crippen LogP contribution in [0.1, 0.15) is 34.1 Å². The lowest BCUT2D eigenvalue weighted by Crippen LogP contribution is -2.43. The van der Waals surface area contributed by atoms with Gasteiger partial charge >= 0.3 is 0 Å². The highest BCUT2D eigenvalue weighted by molar-refractivity contribution is 7.45. The molecule has 2 aliphatic rings. The first kappa shape index (κ1) is 26.3. The zero-order chi connectivity index (χ0) is 23.4. The highest BCUT2D eigenvalue weighted by Gasteiger charge is 2.58. The third-order valence-corrected chi connectivity index (χ3v) is 5.79. The van der Waals surface area contributed by atoms with Gasteiger partial charge in [0, 0.05) is 6.00 Å². The summed E-state index contributed by atoms with van der Waals surface area (Å²) in [6.45, 7) is 6.63. The van der Waals surface area contributed by atoms with Crippen molar-refractivity contribution >= 4 is 23.5 Å². The van der Waals surface area contributed by atoms with Gasteiger partial charge < -0.3 is 32.9 Å². The molecule has 31 heavy (non-hydrogen) atoms. The van der Waals surface area contributed by atoms with Crippen LogP contribution in [0.2, 0.25) is 0 Å². The number of ether oxygens (including phenoxy) is 4. The van der Waals surface area contributed by atoms with Gasteiger partial charge in [0.25, 0.3) is 7.82 Å². The molecule has 2 fully saturated rings. The number of nitriles is 2. The number of phosphoric ester groups is 1. The summed E-state index contributed by atoms with van der Waals surface area (Å²) in [6, 6.07) is 1.45. The third kappa shape index (κ3) is 6.54. The molecule has 0 aliphatic carbocycles. The first-order chi connectivity index (χ1) is 14.4. The van der Waals surface area contributed by atoms with E-state index in [-0.39, 0.29) is 18.8 Å². The molecule has 0 aromatic carbocycles. The fourth-order valence-corrected chi connectivity index (χ4v) is 4.36. The molecule has 10 nitrogen and oxygen atoms in total. The lowest BCUT2D eigenvalue weighted by molar-refractivity contribution is -0.236. The monoisotopic (exact) mass is 451 g/mol. The Labute approximate surface area is 185 Å². The maximum atomic E-state index is 12.6. The molecule has 2 rings (SSSR count). The lowest BCUT2D eigenvalue weighted by Gasteiger charge is -2.33. The molecule has 0 aromatic heterocycles. The minimum Gasteiger partial charge on any atom is -0.756 e. The second-order valence-corrected chi connectivity index (χ2v) is 9.37. The van der Waals surface area contributed by atoms with Crippen LogP contribution in [0, 0.1) is 28.1 Å². The number of hydrogen-bond acceptors (Lipinski definition) is 10. The summed E-state index contributed by atoms with van der Waals surface area (Å²) in [5.41, 5.74) is -2.07. The van der Waals surface area contributed by atoms with Crippen LogP contribution >= 0.6 is 7.82 Å². The number of phosphoric acid groups is 1. The van der Waals surface area contributed by atoms with Crippen molar-refractivity contribution in [2.24, 2.45) is 5.41 Å². The van der Waals surface area contributed by atoms with Crippen molar-refractivity contribution in [1.82, 2.24) is 0 Å². The van der Waals surface area contributed by atoms with E-state index in [1.165, 1.54) is 0 Å². The van der Waals surface area contributed by atoms with E-state index in [0.717, 1.165) is 0 Å². The normalized spacial score (nSPS) is 34.5. The summed E-state index contributed by atoms with van der Waals surface area (Å²) in [5.74, 6) is 0. The molecule has 0 spiro atoms. The summed E-state index contributed by atoms with van der Waals surface area (Å²) in [7, 11) is 6.57. The molecule has 4 radical (unpaired) electrons. The van der Waals surface area contributed by atoms with Crippen LogP contribution in [0.15, 0.2) is 0 Å². The fourth-order valence-electron chi connectivity index (χ4n) is 3.39. The van der Waals surface area contributed by atoms with Crippen LogP contribution in [-0.4, -0.2) is 77.5 Å². The van der Waals surface area contributed by atoms with Crippen LogP contribution in [0.4, 0.5) is 0 Å². The number of hydrogen-bond donors (Lipinski definition) is 0. The summed E-state index contributed by atoms with van der Waals surface area (Å²) in [4.78, 5) is 12.6. The Morgan fingerprint density at radius 1 is 1.13 bits per heavy atom. The second kappa shape index (κ2) is 10.8. The summed E-state index contributed by atoms with van der Waals surface area (Å²) >= 11 is 0. The fraction of sp³-hybridized carbons (Fsp3) is 0.889. The SMILES string of the molecule is [B]C1CC(OC(C)C)C(COP(=O)([O-])OC2C(COC(C)C)OC([B])C2(C#N)C#N)O1. The van der Waals surface area contributed by atoms with E-state index < -0.39 is 56.3 Å². The molecule has 0 N–H and O–H groups in total. The van der Waals surface area contributed by atoms with Crippen LogP contribution in [0.25, 0.3) is 0 Å². The van der Waals surface area contributed by atoms with E-state index >= 15 is 0 Å². The van der Waals surface area contributed by atoms with Crippen LogP contribution in [-0.2, 0) is 32.6 Å². The quantitative estimate of drug-likeness (QED) is 0.336.